The summed E-state index contributed by atoms with van der Waals surface area (Å²) in [5.41, 5.74) is 2.15. The fourth-order valence-corrected chi connectivity index (χ4v) is 3.13. The molecule has 0 saturated carbocycles. The first kappa shape index (κ1) is 11.9. The van der Waals surface area contributed by atoms with Crippen LogP contribution in [0.4, 0.5) is 0 Å². The molecule has 0 spiro atoms. The topological polar surface area (TPSA) is 49.5 Å². The fourth-order valence-electron chi connectivity index (χ4n) is 2.33. The van der Waals surface area contributed by atoms with Crippen molar-refractivity contribution in [1.82, 2.24) is 9.88 Å². The minimum atomic E-state index is 0.299. The van der Waals surface area contributed by atoms with Crippen molar-refractivity contribution in [3.8, 4) is 10.6 Å². The standard InChI is InChI=1S/C13H16N2O2S/c16-7-10-1-3-15(5-10)6-12-9-18-13(14-12)11-2-4-17-8-11/h2,4,8-10,16H,1,3,5-7H2. The van der Waals surface area contributed by atoms with Gasteiger partial charge in [0.15, 0.2) is 0 Å². The molecule has 0 amide bonds. The smallest absolute Gasteiger partial charge is 0.126 e. The Hall–Kier alpha value is -1.17. The highest BCUT2D eigenvalue weighted by Crippen LogP contribution is 2.25. The van der Waals surface area contributed by atoms with E-state index >= 15 is 0 Å². The van der Waals surface area contributed by atoms with E-state index in [1.165, 1.54) is 0 Å². The molecule has 5 heteroatoms. The van der Waals surface area contributed by atoms with Crippen LogP contribution in [0.3, 0.4) is 0 Å². The molecule has 1 N–H and O–H groups in total. The minimum Gasteiger partial charge on any atom is -0.472 e. The van der Waals surface area contributed by atoms with Gasteiger partial charge < -0.3 is 9.52 Å². The first-order valence-electron chi connectivity index (χ1n) is 6.15. The molecule has 4 nitrogen and oxygen atoms in total. The van der Waals surface area contributed by atoms with Gasteiger partial charge in [0, 0.05) is 30.6 Å². The third-order valence-corrected chi connectivity index (χ3v) is 4.27. The summed E-state index contributed by atoms with van der Waals surface area (Å²) in [6, 6.07) is 1.93. The normalized spacial score (nSPS) is 20.6. The van der Waals surface area contributed by atoms with Crippen molar-refractivity contribution in [2.75, 3.05) is 19.7 Å². The summed E-state index contributed by atoms with van der Waals surface area (Å²) in [7, 11) is 0. The van der Waals surface area contributed by atoms with Crippen molar-refractivity contribution < 1.29 is 9.52 Å². The second-order valence-electron chi connectivity index (χ2n) is 4.73. The van der Waals surface area contributed by atoms with Crippen molar-refractivity contribution in [3.63, 3.8) is 0 Å². The Morgan fingerprint density at radius 3 is 3.22 bits per heavy atom. The molecule has 1 unspecified atom stereocenters. The number of rotatable bonds is 4. The minimum absolute atomic E-state index is 0.299. The first-order chi connectivity index (χ1) is 8.85. The van der Waals surface area contributed by atoms with Crippen LogP contribution in [-0.4, -0.2) is 34.7 Å². The van der Waals surface area contributed by atoms with Gasteiger partial charge in [0.1, 0.15) is 11.3 Å². The van der Waals surface area contributed by atoms with Crippen molar-refractivity contribution in [2.24, 2.45) is 5.92 Å². The largest absolute Gasteiger partial charge is 0.472 e. The number of nitrogens with zero attached hydrogens (tertiary/aromatic N) is 2. The molecular formula is C13H16N2O2S. The molecule has 3 heterocycles. The van der Waals surface area contributed by atoms with Gasteiger partial charge >= 0.3 is 0 Å². The Morgan fingerprint density at radius 1 is 1.56 bits per heavy atom. The van der Waals surface area contributed by atoms with E-state index in [2.05, 4.69) is 15.3 Å². The van der Waals surface area contributed by atoms with E-state index in [0.717, 1.165) is 42.3 Å². The lowest BCUT2D eigenvalue weighted by Crippen LogP contribution is -2.21. The molecular weight excluding hydrogens is 248 g/mol. The number of aliphatic hydroxyl groups excluding tert-OH is 1. The lowest BCUT2D eigenvalue weighted by molar-refractivity contribution is 0.219. The van der Waals surface area contributed by atoms with E-state index in [-0.39, 0.29) is 0 Å². The van der Waals surface area contributed by atoms with Gasteiger partial charge in [-0.15, -0.1) is 11.3 Å². The second-order valence-corrected chi connectivity index (χ2v) is 5.59. The highest BCUT2D eigenvalue weighted by Gasteiger charge is 2.22. The maximum Gasteiger partial charge on any atom is 0.126 e. The first-order valence-corrected chi connectivity index (χ1v) is 7.03. The van der Waals surface area contributed by atoms with E-state index < -0.39 is 0 Å². The Bertz CT molecular complexity index is 495. The van der Waals surface area contributed by atoms with Gasteiger partial charge in [-0.25, -0.2) is 4.98 Å². The summed E-state index contributed by atoms with van der Waals surface area (Å²) in [5.74, 6) is 0.442. The predicted molar refractivity (Wildman–Crippen MR) is 70.3 cm³/mol. The molecule has 0 aliphatic carbocycles. The number of aromatic nitrogens is 1. The molecule has 0 radical (unpaired) electrons. The van der Waals surface area contributed by atoms with Crippen LogP contribution in [0, 0.1) is 5.92 Å². The molecule has 3 rings (SSSR count). The number of thiazole rings is 1. The lowest BCUT2D eigenvalue weighted by atomic mass is 10.1. The van der Waals surface area contributed by atoms with Gasteiger partial charge in [-0.3, -0.25) is 4.90 Å². The monoisotopic (exact) mass is 264 g/mol. The van der Waals surface area contributed by atoms with Crippen molar-refractivity contribution >= 4 is 11.3 Å². The zero-order valence-corrected chi connectivity index (χ0v) is 10.9. The van der Waals surface area contributed by atoms with Crippen LogP contribution in [0.2, 0.25) is 0 Å². The fraction of sp³-hybridized carbons (Fsp3) is 0.462. The molecule has 1 fully saturated rings. The van der Waals surface area contributed by atoms with E-state index in [0.29, 0.717) is 12.5 Å². The van der Waals surface area contributed by atoms with Gasteiger partial charge in [-0.05, 0) is 24.9 Å². The zero-order chi connectivity index (χ0) is 12.4. The third-order valence-electron chi connectivity index (χ3n) is 3.33. The SMILES string of the molecule is OCC1CCN(Cc2csc(-c3ccoc3)n2)C1. The van der Waals surface area contributed by atoms with Crippen LogP contribution >= 0.6 is 11.3 Å². The molecule has 96 valence electrons. The van der Waals surface area contributed by atoms with E-state index in [4.69, 9.17) is 9.52 Å². The summed E-state index contributed by atoms with van der Waals surface area (Å²) in [5, 5.41) is 12.2. The van der Waals surface area contributed by atoms with Gasteiger partial charge in [-0.1, -0.05) is 0 Å². The Kier molecular flexibility index (Phi) is 3.45. The summed E-state index contributed by atoms with van der Waals surface area (Å²) in [6.07, 6.45) is 4.48. The van der Waals surface area contributed by atoms with Crippen LogP contribution < -0.4 is 0 Å². The number of hydrogen-bond acceptors (Lipinski definition) is 5. The Balaban J connectivity index is 1.64. The lowest BCUT2D eigenvalue weighted by Gasteiger charge is -2.13. The van der Waals surface area contributed by atoms with E-state index in [1.807, 2.05) is 6.07 Å². The van der Waals surface area contributed by atoms with Gasteiger partial charge in [-0.2, -0.15) is 0 Å². The quantitative estimate of drug-likeness (QED) is 0.920. The van der Waals surface area contributed by atoms with E-state index in [1.54, 1.807) is 23.9 Å². The molecule has 1 saturated heterocycles. The van der Waals surface area contributed by atoms with Crippen molar-refractivity contribution in [1.29, 1.82) is 0 Å². The number of furan rings is 1. The van der Waals surface area contributed by atoms with E-state index in [9.17, 15) is 0 Å². The third kappa shape index (κ3) is 2.48. The van der Waals surface area contributed by atoms with Crippen molar-refractivity contribution in [2.45, 2.75) is 13.0 Å². The Morgan fingerprint density at radius 2 is 2.50 bits per heavy atom. The summed E-state index contributed by atoms with van der Waals surface area (Å²) in [4.78, 5) is 6.98. The Labute approximate surface area is 110 Å². The van der Waals surface area contributed by atoms with Gasteiger partial charge in [0.25, 0.3) is 0 Å². The zero-order valence-electron chi connectivity index (χ0n) is 10.1. The predicted octanol–water partition coefficient (Wildman–Crippen LogP) is 2.22. The second kappa shape index (κ2) is 5.22. The molecule has 0 aromatic carbocycles. The van der Waals surface area contributed by atoms with Gasteiger partial charge in [0.05, 0.1) is 12.0 Å². The maximum atomic E-state index is 9.13. The van der Waals surface area contributed by atoms with Crippen LogP contribution in [0.5, 0.6) is 0 Å². The van der Waals surface area contributed by atoms with Crippen LogP contribution in [0.1, 0.15) is 12.1 Å². The molecule has 1 atom stereocenters. The number of hydrogen-bond donors (Lipinski definition) is 1. The summed E-state index contributed by atoms with van der Waals surface area (Å²) < 4.78 is 5.07. The van der Waals surface area contributed by atoms with Crippen LogP contribution in [0.15, 0.2) is 28.4 Å². The molecule has 2 aromatic rings. The molecule has 2 aromatic heterocycles. The van der Waals surface area contributed by atoms with Crippen molar-refractivity contribution in [3.05, 3.63) is 29.7 Å². The molecule has 1 aliphatic heterocycles. The molecule has 18 heavy (non-hydrogen) atoms. The highest BCUT2D eigenvalue weighted by molar-refractivity contribution is 7.13. The molecule has 0 bridgehead atoms. The van der Waals surface area contributed by atoms with Crippen LogP contribution in [-0.2, 0) is 6.54 Å². The summed E-state index contributed by atoms with van der Waals surface area (Å²) in [6.45, 7) is 3.22. The number of likely N-dealkylation sites (tertiary alicyclic amines) is 1. The average Bonchev–Trinajstić information content (AvgIpc) is 3.10. The highest BCUT2D eigenvalue weighted by atomic mass is 32.1. The average molecular weight is 264 g/mol. The van der Waals surface area contributed by atoms with Gasteiger partial charge in [0.2, 0.25) is 0 Å². The molecule has 1 aliphatic rings. The van der Waals surface area contributed by atoms with Crippen LogP contribution in [0.25, 0.3) is 10.6 Å². The number of aliphatic hydroxyl groups is 1. The maximum absolute atomic E-state index is 9.13. The summed E-state index contributed by atoms with van der Waals surface area (Å²) >= 11 is 1.65.